The summed E-state index contributed by atoms with van der Waals surface area (Å²) in [6, 6.07) is 0. The summed E-state index contributed by atoms with van der Waals surface area (Å²) in [7, 11) is -2.18. The SMILES string of the molecule is CCCC(OP(O)O)C(C)C. The van der Waals surface area contributed by atoms with Gasteiger partial charge < -0.3 is 14.3 Å². The molecule has 0 aliphatic carbocycles. The molecule has 0 radical (unpaired) electrons. The lowest BCUT2D eigenvalue weighted by molar-refractivity contribution is 0.120. The molecule has 0 aromatic heterocycles. The van der Waals surface area contributed by atoms with E-state index in [0.29, 0.717) is 5.92 Å². The largest absolute Gasteiger partial charge is 0.328 e. The predicted molar refractivity (Wildman–Crippen MR) is 46.0 cm³/mol. The molecule has 0 spiro atoms. The van der Waals surface area contributed by atoms with E-state index in [-0.39, 0.29) is 6.10 Å². The number of hydrogen-bond donors (Lipinski definition) is 2. The summed E-state index contributed by atoms with van der Waals surface area (Å²) < 4.78 is 4.93. The normalized spacial score (nSPS) is 14.5. The molecule has 1 atom stereocenters. The fourth-order valence-corrected chi connectivity index (χ4v) is 1.50. The minimum atomic E-state index is -2.18. The topological polar surface area (TPSA) is 49.7 Å². The van der Waals surface area contributed by atoms with Crippen molar-refractivity contribution in [1.82, 2.24) is 0 Å². The summed E-state index contributed by atoms with van der Waals surface area (Å²) in [4.78, 5) is 17.2. The van der Waals surface area contributed by atoms with Crippen LogP contribution in [0.2, 0.25) is 0 Å². The second-order valence-corrected chi connectivity index (χ2v) is 3.65. The predicted octanol–water partition coefficient (Wildman–Crippen LogP) is 2.04. The molecule has 0 aliphatic heterocycles. The van der Waals surface area contributed by atoms with Gasteiger partial charge in [0.1, 0.15) is 0 Å². The lowest BCUT2D eigenvalue weighted by Gasteiger charge is -2.20. The van der Waals surface area contributed by atoms with Gasteiger partial charge in [-0.15, -0.1) is 0 Å². The smallest absolute Gasteiger partial charge is 0.327 e. The van der Waals surface area contributed by atoms with Crippen molar-refractivity contribution in [2.75, 3.05) is 0 Å². The standard InChI is InChI=1S/C7H17O3P/c1-4-5-7(6(2)3)10-11(8)9/h6-9H,4-5H2,1-3H3. The third kappa shape index (κ3) is 5.57. The van der Waals surface area contributed by atoms with E-state index < -0.39 is 8.60 Å². The highest BCUT2D eigenvalue weighted by molar-refractivity contribution is 7.39. The Hall–Kier alpha value is 0.310. The Labute approximate surface area is 69.4 Å². The van der Waals surface area contributed by atoms with Crippen LogP contribution >= 0.6 is 8.60 Å². The summed E-state index contributed by atoms with van der Waals surface area (Å²) in [6.45, 7) is 6.08. The minimum Gasteiger partial charge on any atom is -0.328 e. The molecule has 2 N–H and O–H groups in total. The second-order valence-electron chi connectivity index (χ2n) is 2.93. The van der Waals surface area contributed by atoms with E-state index in [4.69, 9.17) is 14.3 Å². The molecule has 0 aromatic carbocycles. The molecule has 4 heteroatoms. The molecule has 0 aromatic rings. The molecule has 0 saturated carbocycles. The summed E-state index contributed by atoms with van der Waals surface area (Å²) in [6.07, 6.45) is 1.88. The van der Waals surface area contributed by atoms with Crippen molar-refractivity contribution in [3.8, 4) is 0 Å². The van der Waals surface area contributed by atoms with Gasteiger partial charge >= 0.3 is 8.60 Å². The molecule has 0 aliphatic rings. The zero-order valence-corrected chi connectivity index (χ0v) is 8.21. The Morgan fingerprint density at radius 2 is 1.91 bits per heavy atom. The van der Waals surface area contributed by atoms with E-state index in [2.05, 4.69) is 6.92 Å². The zero-order valence-electron chi connectivity index (χ0n) is 7.32. The molecule has 0 saturated heterocycles. The first-order chi connectivity index (χ1) is 5.07. The van der Waals surface area contributed by atoms with Gasteiger partial charge in [-0.05, 0) is 12.3 Å². The van der Waals surface area contributed by atoms with Gasteiger partial charge in [-0.1, -0.05) is 27.2 Å². The van der Waals surface area contributed by atoms with Crippen LogP contribution < -0.4 is 0 Å². The Kier molecular flexibility index (Phi) is 6.06. The second kappa shape index (κ2) is 5.90. The van der Waals surface area contributed by atoms with Crippen LogP contribution in [0.25, 0.3) is 0 Å². The quantitative estimate of drug-likeness (QED) is 0.636. The summed E-state index contributed by atoms with van der Waals surface area (Å²) in [5.41, 5.74) is 0. The van der Waals surface area contributed by atoms with E-state index in [0.717, 1.165) is 12.8 Å². The van der Waals surface area contributed by atoms with Gasteiger partial charge in [-0.25, -0.2) is 0 Å². The molecule has 11 heavy (non-hydrogen) atoms. The Morgan fingerprint density at radius 1 is 1.36 bits per heavy atom. The third-order valence-corrected chi connectivity index (χ3v) is 2.01. The fourth-order valence-electron chi connectivity index (χ4n) is 0.913. The van der Waals surface area contributed by atoms with Crippen LogP contribution in [-0.4, -0.2) is 15.9 Å². The molecule has 1 unspecified atom stereocenters. The molecule has 0 amide bonds. The van der Waals surface area contributed by atoms with Gasteiger partial charge in [-0.3, -0.25) is 0 Å². The number of hydrogen-bond acceptors (Lipinski definition) is 3. The van der Waals surface area contributed by atoms with E-state index >= 15 is 0 Å². The molecule has 68 valence electrons. The van der Waals surface area contributed by atoms with Crippen LogP contribution in [-0.2, 0) is 4.52 Å². The maximum atomic E-state index is 8.60. The van der Waals surface area contributed by atoms with Crippen LogP contribution in [0.1, 0.15) is 33.6 Å². The van der Waals surface area contributed by atoms with Gasteiger partial charge in [0, 0.05) is 0 Å². The van der Waals surface area contributed by atoms with Crippen molar-refractivity contribution < 1.29 is 14.3 Å². The maximum Gasteiger partial charge on any atom is 0.327 e. The Balaban J connectivity index is 3.69. The zero-order chi connectivity index (χ0) is 8.85. The molecule has 0 heterocycles. The first-order valence-corrected chi connectivity index (χ1v) is 5.09. The Bertz CT molecular complexity index is 95.7. The highest BCUT2D eigenvalue weighted by Gasteiger charge is 2.16. The lowest BCUT2D eigenvalue weighted by Crippen LogP contribution is -2.17. The van der Waals surface area contributed by atoms with E-state index in [1.165, 1.54) is 0 Å². The van der Waals surface area contributed by atoms with Crippen molar-refractivity contribution in [3.05, 3.63) is 0 Å². The molecular weight excluding hydrogens is 163 g/mol. The van der Waals surface area contributed by atoms with Crippen molar-refractivity contribution in [1.29, 1.82) is 0 Å². The van der Waals surface area contributed by atoms with Gasteiger partial charge in [0.15, 0.2) is 0 Å². The minimum absolute atomic E-state index is 0.0129. The van der Waals surface area contributed by atoms with Gasteiger partial charge in [0.2, 0.25) is 0 Å². The number of rotatable bonds is 5. The first-order valence-electron chi connectivity index (χ1n) is 3.92. The van der Waals surface area contributed by atoms with E-state index in [1.54, 1.807) is 0 Å². The van der Waals surface area contributed by atoms with Crippen LogP contribution in [0.15, 0.2) is 0 Å². The first kappa shape index (κ1) is 11.3. The molecule has 0 bridgehead atoms. The highest BCUT2D eigenvalue weighted by atomic mass is 31.2. The maximum absolute atomic E-state index is 8.60. The summed E-state index contributed by atoms with van der Waals surface area (Å²) >= 11 is 0. The van der Waals surface area contributed by atoms with E-state index in [9.17, 15) is 0 Å². The molecular formula is C7H17O3P. The monoisotopic (exact) mass is 180 g/mol. The average Bonchev–Trinajstić information content (AvgIpc) is 1.86. The van der Waals surface area contributed by atoms with Crippen molar-refractivity contribution >= 4 is 8.60 Å². The fraction of sp³-hybridized carbons (Fsp3) is 1.00. The van der Waals surface area contributed by atoms with Crippen LogP contribution in [0.3, 0.4) is 0 Å². The van der Waals surface area contributed by atoms with Crippen molar-refractivity contribution in [3.63, 3.8) is 0 Å². The summed E-state index contributed by atoms with van der Waals surface area (Å²) in [5.74, 6) is 0.347. The average molecular weight is 180 g/mol. The van der Waals surface area contributed by atoms with Gasteiger partial charge in [0.25, 0.3) is 0 Å². The van der Waals surface area contributed by atoms with Crippen molar-refractivity contribution in [2.45, 2.75) is 39.7 Å². The summed E-state index contributed by atoms with van der Waals surface area (Å²) in [5, 5.41) is 0. The van der Waals surface area contributed by atoms with Crippen LogP contribution in [0.5, 0.6) is 0 Å². The Morgan fingerprint density at radius 3 is 2.18 bits per heavy atom. The van der Waals surface area contributed by atoms with Gasteiger partial charge in [-0.2, -0.15) is 0 Å². The lowest BCUT2D eigenvalue weighted by atomic mass is 10.0. The van der Waals surface area contributed by atoms with Crippen molar-refractivity contribution in [2.24, 2.45) is 5.92 Å². The van der Waals surface area contributed by atoms with Crippen LogP contribution in [0.4, 0.5) is 0 Å². The highest BCUT2D eigenvalue weighted by Crippen LogP contribution is 2.31. The third-order valence-electron chi connectivity index (χ3n) is 1.55. The van der Waals surface area contributed by atoms with E-state index in [1.807, 2.05) is 13.8 Å². The van der Waals surface area contributed by atoms with Gasteiger partial charge in [0.05, 0.1) is 6.10 Å². The molecule has 3 nitrogen and oxygen atoms in total. The molecule has 0 rings (SSSR count). The molecule has 0 fully saturated rings. The van der Waals surface area contributed by atoms with Crippen LogP contribution in [0, 0.1) is 5.92 Å².